The highest BCUT2D eigenvalue weighted by atomic mass is 19.1. The van der Waals surface area contributed by atoms with Crippen molar-refractivity contribution in [1.82, 2.24) is 9.80 Å². The SMILES string of the molecule is CN1CC[C@]2(CC[C@H](c3cccc(OCc4ccccc4F)c3)N2C(=O)OC(C)(C)C)C1=O. The number of hydrogen-bond donors (Lipinski definition) is 0. The average Bonchev–Trinajstić information content (AvgIpc) is 3.28. The zero-order valence-electron chi connectivity index (χ0n) is 19.6. The van der Waals surface area contributed by atoms with E-state index in [2.05, 4.69) is 0 Å². The summed E-state index contributed by atoms with van der Waals surface area (Å²) < 4.78 is 25.5. The molecule has 0 radical (unpaired) electrons. The molecule has 0 unspecified atom stereocenters. The summed E-state index contributed by atoms with van der Waals surface area (Å²) in [7, 11) is 1.77. The van der Waals surface area contributed by atoms with Gasteiger partial charge in [0.25, 0.3) is 0 Å². The summed E-state index contributed by atoms with van der Waals surface area (Å²) in [6, 6.07) is 13.6. The molecular weight excluding hydrogens is 423 g/mol. The van der Waals surface area contributed by atoms with Gasteiger partial charge in [0, 0.05) is 19.2 Å². The van der Waals surface area contributed by atoms with Gasteiger partial charge in [-0.2, -0.15) is 0 Å². The Morgan fingerprint density at radius 3 is 2.58 bits per heavy atom. The van der Waals surface area contributed by atoms with Gasteiger partial charge < -0.3 is 14.4 Å². The lowest BCUT2D eigenvalue weighted by atomic mass is 9.94. The molecule has 4 rings (SSSR count). The van der Waals surface area contributed by atoms with Gasteiger partial charge in [-0.05, 0) is 63.8 Å². The summed E-state index contributed by atoms with van der Waals surface area (Å²) >= 11 is 0. The summed E-state index contributed by atoms with van der Waals surface area (Å²) in [5, 5.41) is 0. The van der Waals surface area contributed by atoms with Crippen LogP contribution in [-0.2, 0) is 16.1 Å². The predicted molar refractivity (Wildman–Crippen MR) is 122 cm³/mol. The van der Waals surface area contributed by atoms with Crippen LogP contribution in [0.5, 0.6) is 5.75 Å². The monoisotopic (exact) mass is 454 g/mol. The second-order valence-electron chi connectivity index (χ2n) is 9.87. The topological polar surface area (TPSA) is 59.1 Å². The number of ether oxygens (including phenoxy) is 2. The molecule has 0 aliphatic carbocycles. The van der Waals surface area contributed by atoms with Crippen LogP contribution in [0.15, 0.2) is 48.5 Å². The zero-order chi connectivity index (χ0) is 23.8. The number of likely N-dealkylation sites (tertiary alicyclic amines) is 2. The molecule has 0 N–H and O–H groups in total. The van der Waals surface area contributed by atoms with Gasteiger partial charge in [-0.3, -0.25) is 9.69 Å². The van der Waals surface area contributed by atoms with Gasteiger partial charge in [0.2, 0.25) is 5.91 Å². The van der Waals surface area contributed by atoms with Gasteiger partial charge >= 0.3 is 6.09 Å². The van der Waals surface area contributed by atoms with Crippen LogP contribution < -0.4 is 4.74 Å². The molecule has 7 heteroatoms. The molecule has 0 bridgehead atoms. The molecular formula is C26H31FN2O4. The van der Waals surface area contributed by atoms with Crippen LogP contribution >= 0.6 is 0 Å². The van der Waals surface area contributed by atoms with E-state index in [-0.39, 0.29) is 24.4 Å². The van der Waals surface area contributed by atoms with Crippen LogP contribution in [0.4, 0.5) is 9.18 Å². The summed E-state index contributed by atoms with van der Waals surface area (Å²) in [5.41, 5.74) is -0.223. The molecule has 2 aliphatic rings. The van der Waals surface area contributed by atoms with Gasteiger partial charge in [-0.15, -0.1) is 0 Å². The lowest BCUT2D eigenvalue weighted by Gasteiger charge is -2.38. The van der Waals surface area contributed by atoms with Crippen molar-refractivity contribution in [2.24, 2.45) is 0 Å². The van der Waals surface area contributed by atoms with Gasteiger partial charge in [0.1, 0.15) is 29.3 Å². The third-order valence-corrected chi connectivity index (χ3v) is 6.39. The largest absolute Gasteiger partial charge is 0.489 e. The second-order valence-corrected chi connectivity index (χ2v) is 9.87. The van der Waals surface area contributed by atoms with Gasteiger partial charge in [0.15, 0.2) is 0 Å². The highest BCUT2D eigenvalue weighted by Gasteiger charge is 2.58. The molecule has 1 spiro atoms. The Labute approximate surface area is 194 Å². The molecule has 2 saturated heterocycles. The normalized spacial score (nSPS) is 22.8. The van der Waals surface area contributed by atoms with E-state index in [1.165, 1.54) is 6.07 Å². The number of likely N-dealkylation sites (N-methyl/N-ethyl adjacent to an activating group) is 1. The Balaban J connectivity index is 1.61. The summed E-state index contributed by atoms with van der Waals surface area (Å²) in [6.07, 6.45) is 1.34. The molecule has 2 fully saturated rings. The standard InChI is InChI=1S/C26H31FN2O4/c1-25(2,3)33-24(31)29-22(12-13-26(29)14-15-28(4)23(26)30)18-9-7-10-20(16-18)32-17-19-8-5-6-11-21(19)27/h5-11,16,22H,12-15,17H2,1-4H3/t22-,26-/m1/s1. The molecule has 0 aromatic heterocycles. The Morgan fingerprint density at radius 2 is 1.91 bits per heavy atom. The maximum Gasteiger partial charge on any atom is 0.411 e. The lowest BCUT2D eigenvalue weighted by molar-refractivity contribution is -0.136. The Bertz CT molecular complexity index is 1050. The van der Waals surface area contributed by atoms with E-state index in [1.54, 1.807) is 41.1 Å². The van der Waals surface area contributed by atoms with Crippen molar-refractivity contribution in [3.05, 3.63) is 65.5 Å². The molecule has 33 heavy (non-hydrogen) atoms. The van der Waals surface area contributed by atoms with Crippen molar-refractivity contribution >= 4 is 12.0 Å². The Hall–Kier alpha value is -3.09. The van der Waals surface area contributed by atoms with Crippen LogP contribution in [0.3, 0.4) is 0 Å². The van der Waals surface area contributed by atoms with E-state index < -0.39 is 17.2 Å². The van der Waals surface area contributed by atoms with E-state index in [4.69, 9.17) is 9.47 Å². The third kappa shape index (κ3) is 4.54. The fourth-order valence-corrected chi connectivity index (χ4v) is 4.81. The van der Waals surface area contributed by atoms with Crippen LogP contribution in [0.2, 0.25) is 0 Å². The molecule has 6 nitrogen and oxygen atoms in total. The van der Waals surface area contributed by atoms with Gasteiger partial charge in [-0.1, -0.05) is 30.3 Å². The van der Waals surface area contributed by atoms with Crippen LogP contribution in [0, 0.1) is 5.82 Å². The van der Waals surface area contributed by atoms with Crippen molar-refractivity contribution in [1.29, 1.82) is 0 Å². The minimum Gasteiger partial charge on any atom is -0.489 e. The van der Waals surface area contributed by atoms with Crippen molar-refractivity contribution in [3.8, 4) is 5.75 Å². The quantitative estimate of drug-likeness (QED) is 0.647. The highest BCUT2D eigenvalue weighted by Crippen LogP contribution is 2.48. The summed E-state index contributed by atoms with van der Waals surface area (Å²) in [6.45, 7) is 6.17. The average molecular weight is 455 g/mol. The minimum atomic E-state index is -0.883. The first kappa shape index (κ1) is 23.1. The number of amides is 2. The number of benzene rings is 2. The number of carbonyl (C=O) groups excluding carboxylic acids is 2. The van der Waals surface area contributed by atoms with Crippen molar-refractivity contribution in [2.75, 3.05) is 13.6 Å². The predicted octanol–water partition coefficient (Wildman–Crippen LogP) is 5.08. The van der Waals surface area contributed by atoms with E-state index >= 15 is 0 Å². The molecule has 2 atom stereocenters. The second kappa shape index (κ2) is 8.69. The summed E-state index contributed by atoms with van der Waals surface area (Å²) in [4.78, 5) is 29.9. The number of carbonyl (C=O) groups is 2. The zero-order valence-corrected chi connectivity index (χ0v) is 19.6. The fourth-order valence-electron chi connectivity index (χ4n) is 4.81. The van der Waals surface area contributed by atoms with Gasteiger partial charge in [-0.25, -0.2) is 9.18 Å². The Kier molecular flexibility index (Phi) is 6.08. The molecule has 2 aromatic rings. The minimum absolute atomic E-state index is 0.0391. The van der Waals surface area contributed by atoms with Crippen molar-refractivity contribution in [2.45, 2.75) is 63.8 Å². The van der Waals surface area contributed by atoms with E-state index in [9.17, 15) is 14.0 Å². The van der Waals surface area contributed by atoms with Crippen LogP contribution in [0.25, 0.3) is 0 Å². The number of hydrogen-bond acceptors (Lipinski definition) is 4. The number of nitrogens with zero attached hydrogens (tertiary/aromatic N) is 2. The van der Waals surface area contributed by atoms with Gasteiger partial charge in [0.05, 0.1) is 6.04 Å². The first-order valence-electron chi connectivity index (χ1n) is 11.3. The number of rotatable bonds is 4. The first-order valence-corrected chi connectivity index (χ1v) is 11.3. The fraction of sp³-hybridized carbons (Fsp3) is 0.462. The number of halogens is 1. The smallest absolute Gasteiger partial charge is 0.411 e. The third-order valence-electron chi connectivity index (χ3n) is 6.39. The van der Waals surface area contributed by atoms with E-state index in [1.807, 2.05) is 39.0 Å². The molecule has 176 valence electrons. The van der Waals surface area contributed by atoms with E-state index in [0.29, 0.717) is 37.1 Å². The van der Waals surface area contributed by atoms with Crippen molar-refractivity contribution < 1.29 is 23.5 Å². The molecule has 2 aromatic carbocycles. The van der Waals surface area contributed by atoms with Crippen LogP contribution in [0.1, 0.15) is 57.2 Å². The molecule has 2 amide bonds. The molecule has 2 aliphatic heterocycles. The van der Waals surface area contributed by atoms with Crippen LogP contribution in [-0.4, -0.2) is 46.5 Å². The highest BCUT2D eigenvalue weighted by molar-refractivity contribution is 5.92. The lowest BCUT2D eigenvalue weighted by Crippen LogP contribution is -2.54. The summed E-state index contributed by atoms with van der Waals surface area (Å²) in [5.74, 6) is 0.227. The molecule has 2 heterocycles. The maximum absolute atomic E-state index is 14.0. The van der Waals surface area contributed by atoms with Crippen molar-refractivity contribution in [3.63, 3.8) is 0 Å². The Morgan fingerprint density at radius 1 is 1.15 bits per heavy atom. The molecule has 0 saturated carbocycles. The maximum atomic E-state index is 14.0. The first-order chi connectivity index (χ1) is 15.6. The van der Waals surface area contributed by atoms with E-state index in [0.717, 1.165) is 5.56 Å².